The maximum absolute atomic E-state index is 12.1. The molecule has 0 atom stereocenters. The van der Waals surface area contributed by atoms with Crippen LogP contribution in [0.2, 0.25) is 0 Å². The van der Waals surface area contributed by atoms with Crippen molar-refractivity contribution in [2.45, 2.75) is 131 Å². The number of nitrogens with zero attached hydrogens (tertiary/aromatic N) is 8. The van der Waals surface area contributed by atoms with Gasteiger partial charge in [0.05, 0.1) is 11.2 Å². The van der Waals surface area contributed by atoms with Gasteiger partial charge in [0.25, 0.3) is 6.47 Å². The molecule has 348 valence electrons. The van der Waals surface area contributed by atoms with Crippen molar-refractivity contribution < 1.29 is 183 Å². The Bertz CT molecular complexity index is 1820. The Hall–Kier alpha value is 0.659. The number of aromatic nitrogens is 6. The molecule has 0 bridgehead atoms. The molecule has 0 spiro atoms. The Labute approximate surface area is 519 Å². The normalized spacial score (nSPS) is 17.6. The number of hydrogen-bond donors (Lipinski definition) is 1. The molecule has 0 aliphatic carbocycles. The van der Waals surface area contributed by atoms with Gasteiger partial charge in [0.15, 0.2) is 3.92 Å². The second-order valence-corrected chi connectivity index (χ2v) is 20.5. The molecule has 7 heterocycles. The van der Waals surface area contributed by atoms with Crippen LogP contribution in [0, 0.1) is 0 Å². The van der Waals surface area contributed by atoms with Gasteiger partial charge in [-0.2, -0.15) is 13.1 Å². The molecule has 0 saturated carbocycles. The van der Waals surface area contributed by atoms with E-state index in [1.54, 1.807) is 34.0 Å². The largest absolute Gasteiger partial charge is 1.00 e. The van der Waals surface area contributed by atoms with Crippen molar-refractivity contribution in [2.75, 3.05) is 39.3 Å². The summed E-state index contributed by atoms with van der Waals surface area (Å²) in [5, 5.41) is 13.9. The van der Waals surface area contributed by atoms with Gasteiger partial charge in [-0.1, -0.05) is 19.6 Å². The zero-order chi connectivity index (χ0) is 45.3. The molecule has 1 N–H and O–H groups in total. The molecule has 4 aliphatic rings. The third kappa shape index (κ3) is 24.0. The van der Waals surface area contributed by atoms with Crippen LogP contribution in [-0.2, 0) is 28.5 Å². The molecule has 3 aromatic heterocycles. The maximum Gasteiger partial charge on any atom is 1.00 e. The van der Waals surface area contributed by atoms with E-state index in [1.807, 2.05) is 81.4 Å². The number of piperidine rings is 1. The number of hydrogen-bond acceptors (Lipinski definition) is 19. The van der Waals surface area contributed by atoms with E-state index in [1.165, 1.54) is 47.2 Å². The van der Waals surface area contributed by atoms with Gasteiger partial charge in [-0.3, -0.25) is 4.79 Å². The Morgan fingerprint density at radius 1 is 0.844 bits per heavy atom. The van der Waals surface area contributed by atoms with E-state index in [2.05, 4.69) is 54.2 Å². The van der Waals surface area contributed by atoms with Crippen LogP contribution >= 0.6 is 50.5 Å². The van der Waals surface area contributed by atoms with Gasteiger partial charge in [0, 0.05) is 32.1 Å². The molecule has 18 nitrogen and oxygen atoms in total. The predicted octanol–water partition coefficient (Wildman–Crippen LogP) is 1.24. The van der Waals surface area contributed by atoms with Crippen molar-refractivity contribution in [3.8, 4) is 0 Å². The molecule has 2 amide bonds. The minimum Gasteiger partial charge on any atom is -1.00 e. The van der Waals surface area contributed by atoms with E-state index in [0.29, 0.717) is 32.1 Å². The Kier molecular flexibility index (Phi) is 32.1. The van der Waals surface area contributed by atoms with Crippen molar-refractivity contribution in [3.05, 3.63) is 50.5 Å². The van der Waals surface area contributed by atoms with E-state index in [-0.39, 0.29) is 184 Å². The summed E-state index contributed by atoms with van der Waals surface area (Å²) in [4.78, 5) is 50.7. The van der Waals surface area contributed by atoms with E-state index in [9.17, 15) is 9.59 Å². The summed E-state index contributed by atoms with van der Waals surface area (Å²) in [6, 6.07) is 0. The number of carbonyl (C=O) groups excluding carboxylic acids is 3. The van der Waals surface area contributed by atoms with Crippen molar-refractivity contribution in [3.63, 3.8) is 0 Å². The van der Waals surface area contributed by atoms with Gasteiger partial charge < -0.3 is 45.5 Å². The molecule has 64 heavy (non-hydrogen) atoms. The Morgan fingerprint density at radius 3 is 1.69 bits per heavy atom. The van der Waals surface area contributed by atoms with Crippen LogP contribution < -0.4 is 148 Å². The van der Waals surface area contributed by atoms with Crippen molar-refractivity contribution in [1.82, 2.24) is 43.2 Å². The summed E-state index contributed by atoms with van der Waals surface area (Å²) >= 11 is 7.39. The van der Waals surface area contributed by atoms with Gasteiger partial charge in [0.2, 0.25) is 0 Å². The second-order valence-electron chi connectivity index (χ2n) is 16.9. The predicted molar refractivity (Wildman–Crippen MR) is 244 cm³/mol. The van der Waals surface area contributed by atoms with Crippen molar-refractivity contribution in [2.24, 2.45) is 0 Å². The molecule has 7 rings (SSSR count). The summed E-state index contributed by atoms with van der Waals surface area (Å²) in [7, 11) is -0.314. The fourth-order valence-corrected chi connectivity index (χ4v) is 7.54. The van der Waals surface area contributed by atoms with Crippen LogP contribution in [0.5, 0.6) is 0 Å². The number of amides is 2. The summed E-state index contributed by atoms with van der Waals surface area (Å²) in [5.74, 6) is 0.670. The average molecular weight is 1250 g/mol. The topological polar surface area (TPSA) is 216 Å². The molecule has 0 aromatic carbocycles. The van der Waals surface area contributed by atoms with Gasteiger partial charge in [-0.05, 0) is 170 Å². The Balaban J connectivity index is 0. The number of carbonyl (C=O) groups is 3. The SMILES string of the molecule is Brc1ncns1.C.CC(C)(C)OC(=O)N1CC=C(B2OC(C)(C)C(C)(C)O2)CC1.CC(C)(C)OC(=O)N1CC=C(c2ncns2)CC1.O=CO[O-].[Cs+].[Cs+].[H-].c1nsc(C2CCNCC2)n1. The van der Waals surface area contributed by atoms with Crippen molar-refractivity contribution in [1.29, 1.82) is 0 Å². The minimum atomic E-state index is -0.465. The number of nitrogens with one attached hydrogen (secondary N) is 1. The summed E-state index contributed by atoms with van der Waals surface area (Å²) in [5.41, 5.74) is 0.699. The number of ether oxygens (including phenoxy) is 2. The fourth-order valence-electron chi connectivity index (χ4n) is 5.65. The van der Waals surface area contributed by atoms with Crippen LogP contribution in [0.25, 0.3) is 5.57 Å². The molecular weight excluding hydrogens is 1190 g/mol. The monoisotopic (exact) mass is 1250 g/mol. The first kappa shape index (κ1) is 64.7. The first-order valence-corrected chi connectivity index (χ1v) is 22.8. The molecular formula is C39H63BBrCs2N9O9S3. The average Bonchev–Trinajstić information content (AvgIpc) is 4.05. The molecule has 3 aromatic rings. The second kappa shape index (κ2) is 31.8. The molecule has 0 unspecified atom stereocenters. The quantitative estimate of drug-likeness (QED) is 0.168. The number of halogens is 1. The zero-order valence-corrected chi connectivity index (χ0v) is 55.1. The van der Waals surface area contributed by atoms with E-state index in [0.717, 1.165) is 45.9 Å². The first-order chi connectivity index (χ1) is 28.6. The third-order valence-corrected chi connectivity index (χ3v) is 12.0. The molecule has 4 aliphatic heterocycles. The van der Waals surface area contributed by atoms with Crippen LogP contribution in [0.1, 0.15) is 120 Å². The Morgan fingerprint density at radius 2 is 1.33 bits per heavy atom. The third-order valence-electron chi connectivity index (χ3n) is 9.39. The molecule has 25 heteroatoms. The van der Waals surface area contributed by atoms with Gasteiger partial charge >= 0.3 is 157 Å². The fraction of sp³-hybridized carbons (Fsp3) is 0.667. The summed E-state index contributed by atoms with van der Waals surface area (Å²) < 4.78 is 35.4. The van der Waals surface area contributed by atoms with Crippen LogP contribution in [-0.4, -0.2) is 125 Å². The smallest absolute Gasteiger partial charge is 1.00 e. The van der Waals surface area contributed by atoms with Gasteiger partial charge in [0.1, 0.15) is 40.2 Å². The number of rotatable bonds is 4. The van der Waals surface area contributed by atoms with Crippen LogP contribution in [0.4, 0.5) is 9.59 Å². The van der Waals surface area contributed by atoms with E-state index < -0.39 is 11.2 Å². The van der Waals surface area contributed by atoms with Crippen LogP contribution in [0.15, 0.2) is 40.5 Å². The maximum atomic E-state index is 12.1. The van der Waals surface area contributed by atoms with Crippen molar-refractivity contribution >= 4 is 81.9 Å². The van der Waals surface area contributed by atoms with Gasteiger partial charge in [-0.25, -0.2) is 24.5 Å². The van der Waals surface area contributed by atoms with Crippen LogP contribution in [0.3, 0.4) is 0 Å². The van der Waals surface area contributed by atoms with E-state index in [4.69, 9.17) is 28.8 Å². The first-order valence-electron chi connectivity index (χ1n) is 19.7. The minimum absolute atomic E-state index is 0. The van der Waals surface area contributed by atoms with E-state index >= 15 is 0 Å². The van der Waals surface area contributed by atoms with Gasteiger partial charge in [-0.15, -0.1) is 0 Å². The zero-order valence-electron chi connectivity index (χ0n) is 39.5. The summed E-state index contributed by atoms with van der Waals surface area (Å²) in [6.07, 6.45) is 12.2. The molecule has 2 fully saturated rings. The summed E-state index contributed by atoms with van der Waals surface area (Å²) in [6.45, 7) is 23.9. The molecule has 0 radical (unpaired) electrons. The molecule has 2 saturated heterocycles. The standard InChI is InChI=1S/C16H28BNO4.C12H17N3O2S.C7H11N3S.C2HBrN2S.CH2O3.CH4.2Cs.H/c1-14(2,3)20-13(19)18-10-8-12(9-11-18)17-21-15(4,5)16(6,7)22-17;1-12(2,3)17-11(16)15-6-4-9(5-7-15)10-13-8-14-18-10;1-3-8-4-2-6(1)7-9-5-10-11-7;3-2-4-1-5-6-2;2-1-4-3;;;;/h8H,9-11H2,1-7H3;4,8H,5-7H2,1-3H3;5-6,8H,1-4H2;1H;1,3H;1H4;;;/q;;;;;;2*+1;-1/p-1.